The molecule has 1 saturated heterocycles. The van der Waals surface area contributed by atoms with Crippen molar-refractivity contribution in [2.24, 2.45) is 5.73 Å². The van der Waals surface area contributed by atoms with E-state index in [1.807, 2.05) is 0 Å². The summed E-state index contributed by atoms with van der Waals surface area (Å²) in [6.45, 7) is 9.63. The third-order valence-electron chi connectivity index (χ3n) is 3.63. The zero-order chi connectivity index (χ0) is 20.3. The number of carbonyl (C=O) groups is 3. The molecule has 2 atom stereocenters. The van der Waals surface area contributed by atoms with Crippen molar-refractivity contribution in [3.8, 4) is 0 Å². The Hall–Kier alpha value is -1.87. The fourth-order valence-electron chi connectivity index (χ4n) is 2.66. The summed E-state index contributed by atoms with van der Waals surface area (Å²) in [5.74, 6) is -0.605. The van der Waals surface area contributed by atoms with Gasteiger partial charge in [-0.3, -0.25) is 4.79 Å². The van der Waals surface area contributed by atoms with Gasteiger partial charge in [0.05, 0.1) is 25.2 Å². The zero-order valence-electron chi connectivity index (χ0n) is 16.4. The van der Waals surface area contributed by atoms with Gasteiger partial charge in [-0.15, -0.1) is 0 Å². The fourth-order valence-corrected chi connectivity index (χ4v) is 2.66. The van der Waals surface area contributed by atoms with E-state index >= 15 is 0 Å². The quantitative estimate of drug-likeness (QED) is 0.759. The largest absolute Gasteiger partial charge is 0.444 e. The van der Waals surface area contributed by atoms with Crippen molar-refractivity contribution < 1.29 is 29.0 Å². The Morgan fingerprint density at radius 2 is 1.65 bits per heavy atom. The highest BCUT2D eigenvalue weighted by atomic mass is 16.6. The summed E-state index contributed by atoms with van der Waals surface area (Å²) in [5.41, 5.74) is 3.94. The van der Waals surface area contributed by atoms with Gasteiger partial charge in [0.2, 0.25) is 5.91 Å². The number of ether oxygens (including phenoxy) is 2. The van der Waals surface area contributed by atoms with Crippen molar-refractivity contribution in [2.45, 2.75) is 71.2 Å². The smallest absolute Gasteiger partial charge is 0.417 e. The molecule has 150 valence electrons. The number of hydrogen-bond acceptors (Lipinski definition) is 7. The third kappa shape index (κ3) is 6.14. The molecule has 0 bridgehead atoms. The van der Waals surface area contributed by atoms with Crippen molar-refractivity contribution in [1.29, 1.82) is 0 Å². The molecule has 0 spiro atoms. The van der Waals surface area contributed by atoms with Gasteiger partial charge in [0.1, 0.15) is 11.2 Å². The van der Waals surface area contributed by atoms with Gasteiger partial charge in [0.25, 0.3) is 0 Å². The zero-order valence-corrected chi connectivity index (χ0v) is 16.4. The van der Waals surface area contributed by atoms with Crippen LogP contribution < -0.4 is 5.73 Å². The maximum absolute atomic E-state index is 12.5. The summed E-state index contributed by atoms with van der Waals surface area (Å²) >= 11 is 0. The second-order valence-corrected chi connectivity index (χ2v) is 8.31. The van der Waals surface area contributed by atoms with E-state index in [4.69, 9.17) is 15.2 Å². The summed E-state index contributed by atoms with van der Waals surface area (Å²) in [7, 11) is 0. The molecule has 0 radical (unpaired) electrons. The molecule has 3 amide bonds. The molecular formula is C17H31N3O6. The lowest BCUT2D eigenvalue weighted by atomic mass is 10.1. The van der Waals surface area contributed by atoms with E-state index in [0.717, 1.165) is 4.90 Å². The molecule has 0 aromatic heterocycles. The SMILES string of the molecule is CC(C)(C)OC(=O)N1C[C@@H](N(C(=O)CN)C(=O)OC(C)(C)C)C[C@@H]1CO. The van der Waals surface area contributed by atoms with Gasteiger partial charge in [-0.05, 0) is 48.0 Å². The average molecular weight is 373 g/mol. The standard InChI is InChI=1S/C17H31N3O6/c1-16(2,3)25-14(23)19-9-11(7-12(19)10-21)20(13(22)8-18)15(24)26-17(4,5)6/h11-12,21H,7-10,18H2,1-6H3/t11-,12+/m0/s1. The Morgan fingerprint density at radius 1 is 1.12 bits per heavy atom. The molecule has 26 heavy (non-hydrogen) atoms. The van der Waals surface area contributed by atoms with Crippen LogP contribution in [0.25, 0.3) is 0 Å². The summed E-state index contributed by atoms with van der Waals surface area (Å²) in [5, 5.41) is 9.61. The maximum atomic E-state index is 12.5. The molecule has 1 fully saturated rings. The van der Waals surface area contributed by atoms with Gasteiger partial charge >= 0.3 is 12.2 Å². The van der Waals surface area contributed by atoms with E-state index < -0.39 is 41.4 Å². The van der Waals surface area contributed by atoms with Crippen LogP contribution in [0.15, 0.2) is 0 Å². The van der Waals surface area contributed by atoms with Crippen LogP contribution in [0.5, 0.6) is 0 Å². The van der Waals surface area contributed by atoms with E-state index in [9.17, 15) is 19.5 Å². The first-order valence-electron chi connectivity index (χ1n) is 8.64. The molecule has 1 rings (SSSR count). The minimum atomic E-state index is -0.819. The number of likely N-dealkylation sites (tertiary alicyclic amines) is 1. The molecular weight excluding hydrogens is 342 g/mol. The van der Waals surface area contributed by atoms with E-state index in [-0.39, 0.29) is 26.1 Å². The van der Waals surface area contributed by atoms with Crippen molar-refractivity contribution in [2.75, 3.05) is 19.7 Å². The highest BCUT2D eigenvalue weighted by molar-refractivity contribution is 5.93. The minimum absolute atomic E-state index is 0.0467. The normalized spacial score (nSPS) is 20.7. The number of carbonyl (C=O) groups excluding carboxylic acids is 3. The van der Waals surface area contributed by atoms with Crippen molar-refractivity contribution in [1.82, 2.24) is 9.80 Å². The second kappa shape index (κ2) is 8.22. The van der Waals surface area contributed by atoms with Crippen molar-refractivity contribution in [3.05, 3.63) is 0 Å². The maximum Gasteiger partial charge on any atom is 0.417 e. The van der Waals surface area contributed by atoms with Gasteiger partial charge in [-0.2, -0.15) is 0 Å². The molecule has 0 unspecified atom stereocenters. The molecule has 0 aromatic rings. The first kappa shape index (κ1) is 22.2. The van der Waals surface area contributed by atoms with Crippen molar-refractivity contribution >= 4 is 18.1 Å². The lowest BCUT2D eigenvalue weighted by Crippen LogP contribution is -2.50. The highest BCUT2D eigenvalue weighted by Crippen LogP contribution is 2.26. The predicted octanol–water partition coefficient (Wildman–Crippen LogP) is 1.08. The van der Waals surface area contributed by atoms with E-state index in [1.165, 1.54) is 4.90 Å². The van der Waals surface area contributed by atoms with Gasteiger partial charge in [0.15, 0.2) is 0 Å². The van der Waals surface area contributed by atoms with Crippen molar-refractivity contribution in [3.63, 3.8) is 0 Å². The van der Waals surface area contributed by atoms with Crippen LogP contribution in [0.3, 0.4) is 0 Å². The lowest BCUT2D eigenvalue weighted by molar-refractivity contribution is -0.130. The Bertz CT molecular complexity index is 538. The molecule has 9 nitrogen and oxygen atoms in total. The Morgan fingerprint density at radius 3 is 2.08 bits per heavy atom. The van der Waals surface area contributed by atoms with Crippen LogP contribution in [-0.2, 0) is 14.3 Å². The summed E-state index contributed by atoms with van der Waals surface area (Å²) < 4.78 is 10.6. The number of nitrogens with two attached hydrogens (primary N) is 1. The molecule has 3 N–H and O–H groups in total. The molecule has 0 aromatic carbocycles. The summed E-state index contributed by atoms with van der Waals surface area (Å²) in [4.78, 5) is 39.4. The van der Waals surface area contributed by atoms with Gasteiger partial charge in [-0.25, -0.2) is 14.5 Å². The molecule has 0 aliphatic carbocycles. The van der Waals surface area contributed by atoms with Crippen LogP contribution in [0.4, 0.5) is 9.59 Å². The fraction of sp³-hybridized carbons (Fsp3) is 0.824. The third-order valence-corrected chi connectivity index (χ3v) is 3.63. The number of aliphatic hydroxyl groups excluding tert-OH is 1. The monoisotopic (exact) mass is 373 g/mol. The molecule has 0 saturated carbocycles. The average Bonchev–Trinajstić information content (AvgIpc) is 2.87. The van der Waals surface area contributed by atoms with Crippen LogP contribution >= 0.6 is 0 Å². The number of amides is 3. The van der Waals surface area contributed by atoms with Crippen LogP contribution in [0.2, 0.25) is 0 Å². The first-order chi connectivity index (χ1) is 11.8. The lowest BCUT2D eigenvalue weighted by Gasteiger charge is -2.30. The number of hydrogen-bond donors (Lipinski definition) is 2. The Kier molecular flexibility index (Phi) is 7.01. The van der Waals surface area contributed by atoms with E-state index in [2.05, 4.69) is 0 Å². The van der Waals surface area contributed by atoms with E-state index in [1.54, 1.807) is 41.5 Å². The van der Waals surface area contributed by atoms with Gasteiger partial charge < -0.3 is 25.2 Å². The number of nitrogens with zero attached hydrogens (tertiary/aromatic N) is 2. The Balaban J connectivity index is 3.01. The summed E-state index contributed by atoms with van der Waals surface area (Å²) in [6, 6.07) is -1.21. The summed E-state index contributed by atoms with van der Waals surface area (Å²) in [6.07, 6.45) is -1.20. The van der Waals surface area contributed by atoms with Crippen LogP contribution in [-0.4, -0.2) is 76.0 Å². The molecule has 1 aliphatic rings. The predicted molar refractivity (Wildman–Crippen MR) is 94.4 cm³/mol. The topological polar surface area (TPSA) is 122 Å². The van der Waals surface area contributed by atoms with E-state index in [0.29, 0.717) is 0 Å². The highest BCUT2D eigenvalue weighted by Gasteiger charge is 2.43. The van der Waals surface area contributed by atoms with Crippen LogP contribution in [0, 0.1) is 0 Å². The number of rotatable bonds is 3. The van der Waals surface area contributed by atoms with Crippen LogP contribution in [0.1, 0.15) is 48.0 Å². The molecule has 1 aliphatic heterocycles. The van der Waals surface area contributed by atoms with Gasteiger partial charge in [0, 0.05) is 6.54 Å². The molecule has 1 heterocycles. The first-order valence-corrected chi connectivity index (χ1v) is 8.64. The minimum Gasteiger partial charge on any atom is -0.444 e. The second-order valence-electron chi connectivity index (χ2n) is 8.31. The number of imide groups is 1. The number of aliphatic hydroxyl groups is 1. The Labute approximate surface area is 154 Å². The van der Waals surface area contributed by atoms with Gasteiger partial charge in [-0.1, -0.05) is 0 Å². The molecule has 9 heteroatoms.